The first-order valence-electron chi connectivity index (χ1n) is 15.8. The number of ether oxygens (including phenoxy) is 3. The summed E-state index contributed by atoms with van der Waals surface area (Å²) in [6, 6.07) is 9.10. The summed E-state index contributed by atoms with van der Waals surface area (Å²) in [5, 5.41) is 17.8. The van der Waals surface area contributed by atoms with Crippen LogP contribution in [0.5, 0.6) is 5.75 Å². The van der Waals surface area contributed by atoms with Gasteiger partial charge in [-0.1, -0.05) is 6.07 Å². The third-order valence-electron chi connectivity index (χ3n) is 8.45. The molecule has 2 aromatic rings. The normalized spacial score (nSPS) is 19.4. The van der Waals surface area contributed by atoms with Gasteiger partial charge in [-0.2, -0.15) is 0 Å². The van der Waals surface area contributed by atoms with Crippen molar-refractivity contribution in [3.05, 3.63) is 47.0 Å². The summed E-state index contributed by atoms with van der Waals surface area (Å²) in [6.45, 7) is 7.60. The van der Waals surface area contributed by atoms with Crippen molar-refractivity contribution < 1.29 is 28.9 Å². The number of nitrogens with zero attached hydrogens (tertiary/aromatic N) is 3. The third kappa shape index (κ3) is 8.12. The minimum Gasteiger partial charge on any atom is -0.468 e. The number of hydrogen-bond donors (Lipinski definition) is 3. The second-order valence-electron chi connectivity index (χ2n) is 13.1. The lowest BCUT2D eigenvalue weighted by atomic mass is 9.91. The number of nitrogens with one attached hydrogen (secondary N) is 2. The molecule has 0 bridgehead atoms. The molecule has 0 radical (unpaired) electrons. The molecule has 1 aromatic heterocycles. The van der Waals surface area contributed by atoms with E-state index in [4.69, 9.17) is 19.2 Å². The molecule has 0 unspecified atom stereocenters. The molecule has 2 amide bonds. The van der Waals surface area contributed by atoms with Crippen molar-refractivity contribution in [2.75, 3.05) is 43.8 Å². The monoisotopic (exact) mass is 609 g/mol. The first-order chi connectivity index (χ1) is 21.1. The van der Waals surface area contributed by atoms with E-state index in [2.05, 4.69) is 15.5 Å². The van der Waals surface area contributed by atoms with E-state index in [-0.39, 0.29) is 25.8 Å². The number of methoxy groups -OCH3 is 1. The Hall–Kier alpha value is -3.57. The molecule has 5 rings (SSSR count). The molecule has 3 aliphatic rings. The molecule has 1 aliphatic carbocycles. The van der Waals surface area contributed by atoms with Gasteiger partial charge < -0.3 is 34.9 Å². The minimum atomic E-state index is -1.03. The highest BCUT2D eigenvalue weighted by Crippen LogP contribution is 2.30. The largest absolute Gasteiger partial charge is 0.468 e. The van der Waals surface area contributed by atoms with Crippen molar-refractivity contribution in [1.82, 2.24) is 15.2 Å². The third-order valence-corrected chi connectivity index (χ3v) is 8.45. The zero-order valence-electron chi connectivity index (χ0n) is 26.4. The second kappa shape index (κ2) is 14.0. The average molecular weight is 610 g/mol. The van der Waals surface area contributed by atoms with E-state index in [9.17, 15) is 14.7 Å². The average Bonchev–Trinajstić information content (AvgIpc) is 2.99. The van der Waals surface area contributed by atoms with Crippen molar-refractivity contribution in [2.24, 2.45) is 0 Å². The molecule has 3 heterocycles. The molecule has 11 heteroatoms. The zero-order valence-corrected chi connectivity index (χ0v) is 26.4. The maximum atomic E-state index is 13.5. The standard InChI is InChI=1S/C33H47N5O6/c1-33(2,3)44-32(41)38-20-24-15-26(43-21-42-4)12-11-22(24)16-27(38)28(39)19-34-31(40)23-17-29(35-25-9-8-10-25)36-30(18-23)37-13-6-5-7-14-37/h11-12,15,17-18,25,27-28,39H,5-10,13-14,16,19-21H2,1-4H3,(H,34,40)(H,35,36)/t27-,28+/m0/s1. The molecule has 0 spiro atoms. The van der Waals surface area contributed by atoms with E-state index in [0.717, 1.165) is 55.7 Å². The highest BCUT2D eigenvalue weighted by molar-refractivity contribution is 5.95. The number of aromatic nitrogens is 1. The Kier molecular flexibility index (Phi) is 10.2. The Morgan fingerprint density at radius 2 is 1.84 bits per heavy atom. The van der Waals surface area contributed by atoms with Crippen LogP contribution in [0.3, 0.4) is 0 Å². The van der Waals surface area contributed by atoms with Gasteiger partial charge in [0.2, 0.25) is 0 Å². The molecule has 240 valence electrons. The van der Waals surface area contributed by atoms with Crippen LogP contribution in [-0.2, 0) is 22.4 Å². The van der Waals surface area contributed by atoms with Gasteiger partial charge in [0.15, 0.2) is 6.79 Å². The Morgan fingerprint density at radius 3 is 2.52 bits per heavy atom. The lowest BCUT2D eigenvalue weighted by molar-refractivity contribution is -0.0114. The Morgan fingerprint density at radius 1 is 1.07 bits per heavy atom. The van der Waals surface area contributed by atoms with Crippen molar-refractivity contribution in [3.8, 4) is 5.75 Å². The van der Waals surface area contributed by atoms with Gasteiger partial charge in [0.1, 0.15) is 23.0 Å². The van der Waals surface area contributed by atoms with Gasteiger partial charge in [-0.05, 0) is 101 Å². The van der Waals surface area contributed by atoms with E-state index in [0.29, 0.717) is 29.6 Å². The van der Waals surface area contributed by atoms with Gasteiger partial charge in [-0.3, -0.25) is 9.69 Å². The van der Waals surface area contributed by atoms with Crippen LogP contribution in [0.2, 0.25) is 0 Å². The Bertz CT molecular complexity index is 1300. The van der Waals surface area contributed by atoms with Gasteiger partial charge in [-0.15, -0.1) is 0 Å². The van der Waals surface area contributed by atoms with Crippen LogP contribution in [0.1, 0.15) is 80.8 Å². The molecule has 44 heavy (non-hydrogen) atoms. The van der Waals surface area contributed by atoms with E-state index in [1.54, 1.807) is 18.1 Å². The number of aliphatic hydroxyl groups is 1. The maximum Gasteiger partial charge on any atom is 0.410 e. The molecule has 1 saturated carbocycles. The molecule has 1 saturated heterocycles. The lowest BCUT2D eigenvalue weighted by Gasteiger charge is -2.40. The van der Waals surface area contributed by atoms with Gasteiger partial charge in [0, 0.05) is 44.9 Å². The summed E-state index contributed by atoms with van der Waals surface area (Å²) >= 11 is 0. The van der Waals surface area contributed by atoms with Crippen molar-refractivity contribution >= 4 is 23.6 Å². The van der Waals surface area contributed by atoms with Gasteiger partial charge in [0.05, 0.1) is 12.1 Å². The Balaban J connectivity index is 1.31. The summed E-state index contributed by atoms with van der Waals surface area (Å²) in [6.07, 6.45) is 5.67. The fraction of sp³-hybridized carbons (Fsp3) is 0.606. The summed E-state index contributed by atoms with van der Waals surface area (Å²) in [5.41, 5.74) is 1.70. The molecule has 3 N–H and O–H groups in total. The SMILES string of the molecule is COCOc1ccc2c(c1)CN(C(=O)OC(C)(C)C)[C@H]([C@H](O)CNC(=O)c1cc(NC3CCC3)nc(N3CCCCC3)c1)C2. The number of aliphatic hydroxyl groups excluding tert-OH is 1. The molecular weight excluding hydrogens is 562 g/mol. The Labute approximate surface area is 260 Å². The number of rotatable bonds is 10. The number of pyridine rings is 1. The first-order valence-corrected chi connectivity index (χ1v) is 15.8. The lowest BCUT2D eigenvalue weighted by Crippen LogP contribution is -2.54. The minimum absolute atomic E-state index is 0.0279. The highest BCUT2D eigenvalue weighted by Gasteiger charge is 2.37. The summed E-state index contributed by atoms with van der Waals surface area (Å²) < 4.78 is 16.3. The van der Waals surface area contributed by atoms with Crippen LogP contribution in [-0.4, -0.2) is 84.3 Å². The summed E-state index contributed by atoms with van der Waals surface area (Å²) in [4.78, 5) is 35.5. The van der Waals surface area contributed by atoms with Crippen molar-refractivity contribution in [2.45, 2.75) is 96.1 Å². The predicted octanol–water partition coefficient (Wildman–Crippen LogP) is 4.47. The number of anilines is 2. The van der Waals surface area contributed by atoms with E-state index in [1.807, 2.05) is 45.0 Å². The van der Waals surface area contributed by atoms with Gasteiger partial charge in [-0.25, -0.2) is 9.78 Å². The smallest absolute Gasteiger partial charge is 0.410 e. The van der Waals surface area contributed by atoms with Gasteiger partial charge >= 0.3 is 6.09 Å². The quantitative estimate of drug-likeness (QED) is 0.335. The van der Waals surface area contributed by atoms with Crippen LogP contribution in [0.4, 0.5) is 16.4 Å². The first kappa shape index (κ1) is 31.8. The number of carbonyl (C=O) groups excluding carboxylic acids is 2. The van der Waals surface area contributed by atoms with E-state index in [1.165, 1.54) is 12.8 Å². The molecule has 11 nitrogen and oxygen atoms in total. The van der Waals surface area contributed by atoms with E-state index >= 15 is 0 Å². The van der Waals surface area contributed by atoms with Crippen LogP contribution in [0, 0.1) is 0 Å². The van der Waals surface area contributed by atoms with Gasteiger partial charge in [0.25, 0.3) is 5.91 Å². The highest BCUT2D eigenvalue weighted by atomic mass is 16.7. The van der Waals surface area contributed by atoms with Crippen LogP contribution < -0.4 is 20.3 Å². The van der Waals surface area contributed by atoms with Crippen LogP contribution >= 0.6 is 0 Å². The fourth-order valence-electron chi connectivity index (χ4n) is 5.87. The number of carbonyl (C=O) groups is 2. The molecule has 2 atom stereocenters. The fourth-order valence-corrected chi connectivity index (χ4v) is 5.87. The number of piperidine rings is 1. The van der Waals surface area contributed by atoms with Crippen molar-refractivity contribution in [1.29, 1.82) is 0 Å². The number of fused-ring (bicyclic) bond motifs is 1. The summed E-state index contributed by atoms with van der Waals surface area (Å²) in [7, 11) is 1.56. The maximum absolute atomic E-state index is 13.5. The molecule has 2 fully saturated rings. The van der Waals surface area contributed by atoms with Crippen LogP contribution in [0.15, 0.2) is 30.3 Å². The van der Waals surface area contributed by atoms with Crippen LogP contribution in [0.25, 0.3) is 0 Å². The molecule has 2 aliphatic heterocycles. The summed E-state index contributed by atoms with van der Waals surface area (Å²) in [5.74, 6) is 1.85. The topological polar surface area (TPSA) is 125 Å². The molecular formula is C33H47N5O6. The number of hydrogen-bond acceptors (Lipinski definition) is 9. The zero-order chi connectivity index (χ0) is 31.3. The number of amides is 2. The predicted molar refractivity (Wildman–Crippen MR) is 168 cm³/mol. The second-order valence-corrected chi connectivity index (χ2v) is 13.1. The number of benzene rings is 1. The molecule has 1 aromatic carbocycles. The van der Waals surface area contributed by atoms with Crippen molar-refractivity contribution in [3.63, 3.8) is 0 Å². The van der Waals surface area contributed by atoms with E-state index < -0.39 is 23.8 Å².